The molecule has 2 N–H and O–H groups in total. The van der Waals surface area contributed by atoms with Crippen LogP contribution in [-0.2, 0) is 0 Å². The van der Waals surface area contributed by atoms with Gasteiger partial charge in [-0.1, -0.05) is 39.7 Å². The van der Waals surface area contributed by atoms with Crippen LogP contribution in [0.2, 0.25) is 5.02 Å². The number of hydrogen-bond acceptors (Lipinski definition) is 2. The van der Waals surface area contributed by atoms with E-state index in [1.54, 1.807) is 24.1 Å². The number of rotatable bonds is 3. The number of amides is 1. The Morgan fingerprint density at radius 3 is 2.48 bits per heavy atom. The van der Waals surface area contributed by atoms with Crippen molar-refractivity contribution in [1.29, 1.82) is 0 Å². The van der Waals surface area contributed by atoms with Crippen molar-refractivity contribution < 1.29 is 4.79 Å². The SMILES string of the molecule is CC(c1ccc(Cl)cc1)N(C)C(=O)c1cc(Br)ccc1N. The highest BCUT2D eigenvalue weighted by molar-refractivity contribution is 9.10. The number of hydrogen-bond donors (Lipinski definition) is 1. The Labute approximate surface area is 137 Å². The Bertz CT molecular complexity index is 658. The highest BCUT2D eigenvalue weighted by atomic mass is 79.9. The summed E-state index contributed by atoms with van der Waals surface area (Å²) in [5.74, 6) is -0.115. The Morgan fingerprint density at radius 2 is 1.86 bits per heavy atom. The molecule has 2 aromatic carbocycles. The standard InChI is InChI=1S/C16H16BrClN2O/c1-10(11-3-6-13(18)7-4-11)20(2)16(21)14-9-12(17)5-8-15(14)19/h3-10H,19H2,1-2H3. The number of benzene rings is 2. The van der Waals surface area contributed by atoms with Crippen molar-refractivity contribution >= 4 is 39.1 Å². The van der Waals surface area contributed by atoms with E-state index in [1.807, 2.05) is 37.3 Å². The maximum Gasteiger partial charge on any atom is 0.256 e. The van der Waals surface area contributed by atoms with Crippen molar-refractivity contribution in [3.8, 4) is 0 Å². The Morgan fingerprint density at radius 1 is 1.24 bits per heavy atom. The first-order valence-corrected chi connectivity index (χ1v) is 7.65. The van der Waals surface area contributed by atoms with Gasteiger partial charge in [0.25, 0.3) is 5.91 Å². The van der Waals surface area contributed by atoms with Gasteiger partial charge in [0, 0.05) is 22.2 Å². The average Bonchev–Trinajstić information content (AvgIpc) is 2.48. The molecule has 0 aromatic heterocycles. The molecule has 0 saturated heterocycles. The van der Waals surface area contributed by atoms with Crippen LogP contribution in [0.25, 0.3) is 0 Å². The normalized spacial score (nSPS) is 12.0. The number of nitrogen functional groups attached to an aromatic ring is 1. The first-order valence-electron chi connectivity index (χ1n) is 6.48. The van der Waals surface area contributed by atoms with E-state index in [0.717, 1.165) is 10.0 Å². The number of carbonyl (C=O) groups is 1. The number of nitrogens with zero attached hydrogens (tertiary/aromatic N) is 1. The van der Waals surface area contributed by atoms with Gasteiger partial charge in [0.05, 0.1) is 11.6 Å². The van der Waals surface area contributed by atoms with E-state index in [-0.39, 0.29) is 11.9 Å². The summed E-state index contributed by atoms with van der Waals surface area (Å²) >= 11 is 9.25. The summed E-state index contributed by atoms with van der Waals surface area (Å²) < 4.78 is 0.826. The predicted molar refractivity (Wildman–Crippen MR) is 90.5 cm³/mol. The molecule has 5 heteroatoms. The molecule has 1 amide bonds. The van der Waals surface area contributed by atoms with E-state index < -0.39 is 0 Å². The van der Waals surface area contributed by atoms with Crippen LogP contribution in [0.4, 0.5) is 5.69 Å². The average molecular weight is 368 g/mol. The van der Waals surface area contributed by atoms with Crippen molar-refractivity contribution in [1.82, 2.24) is 4.90 Å². The van der Waals surface area contributed by atoms with Gasteiger partial charge < -0.3 is 10.6 Å². The van der Waals surface area contributed by atoms with Gasteiger partial charge in [0.1, 0.15) is 0 Å². The lowest BCUT2D eigenvalue weighted by molar-refractivity contribution is 0.0743. The van der Waals surface area contributed by atoms with Gasteiger partial charge in [0.2, 0.25) is 0 Å². The predicted octanol–water partition coefficient (Wildman–Crippen LogP) is 4.52. The number of halogens is 2. The summed E-state index contributed by atoms with van der Waals surface area (Å²) in [6.45, 7) is 1.97. The van der Waals surface area contributed by atoms with Crippen molar-refractivity contribution in [2.24, 2.45) is 0 Å². The Balaban J connectivity index is 2.26. The van der Waals surface area contributed by atoms with E-state index in [1.165, 1.54) is 0 Å². The summed E-state index contributed by atoms with van der Waals surface area (Å²) in [7, 11) is 1.77. The fourth-order valence-electron chi connectivity index (χ4n) is 2.04. The first kappa shape index (κ1) is 15.9. The molecule has 1 atom stereocenters. The zero-order chi connectivity index (χ0) is 15.6. The van der Waals surface area contributed by atoms with E-state index >= 15 is 0 Å². The lowest BCUT2D eigenvalue weighted by atomic mass is 10.1. The number of carbonyl (C=O) groups excluding carboxylic acids is 1. The molecule has 0 spiro atoms. The molecular formula is C16H16BrClN2O. The van der Waals surface area contributed by atoms with E-state index in [2.05, 4.69) is 15.9 Å². The molecule has 110 valence electrons. The minimum Gasteiger partial charge on any atom is -0.398 e. The van der Waals surface area contributed by atoms with Crippen LogP contribution in [0.1, 0.15) is 28.9 Å². The van der Waals surface area contributed by atoms with Crippen LogP contribution in [0.5, 0.6) is 0 Å². The van der Waals surface area contributed by atoms with Gasteiger partial charge in [-0.25, -0.2) is 0 Å². The smallest absolute Gasteiger partial charge is 0.256 e. The number of nitrogens with two attached hydrogens (primary N) is 1. The lowest BCUT2D eigenvalue weighted by Gasteiger charge is -2.26. The van der Waals surface area contributed by atoms with Crippen LogP contribution in [-0.4, -0.2) is 17.9 Å². The van der Waals surface area contributed by atoms with Crippen molar-refractivity contribution in [3.63, 3.8) is 0 Å². The molecule has 0 radical (unpaired) electrons. The zero-order valence-electron chi connectivity index (χ0n) is 11.8. The molecular weight excluding hydrogens is 352 g/mol. The third-order valence-corrected chi connectivity index (χ3v) is 4.24. The van der Waals surface area contributed by atoms with Crippen LogP contribution < -0.4 is 5.73 Å². The van der Waals surface area contributed by atoms with Crippen molar-refractivity contribution in [3.05, 3.63) is 63.1 Å². The fraction of sp³-hybridized carbons (Fsp3) is 0.188. The molecule has 0 aliphatic heterocycles. The third-order valence-electron chi connectivity index (χ3n) is 3.50. The quantitative estimate of drug-likeness (QED) is 0.811. The van der Waals surface area contributed by atoms with Crippen molar-refractivity contribution in [2.45, 2.75) is 13.0 Å². The van der Waals surface area contributed by atoms with Gasteiger partial charge in [-0.3, -0.25) is 4.79 Å². The maximum absolute atomic E-state index is 12.6. The van der Waals surface area contributed by atoms with Crippen LogP contribution in [0.15, 0.2) is 46.9 Å². The second kappa shape index (κ2) is 6.50. The lowest BCUT2D eigenvalue weighted by Crippen LogP contribution is -2.30. The molecule has 3 nitrogen and oxygen atoms in total. The largest absolute Gasteiger partial charge is 0.398 e. The molecule has 0 saturated carbocycles. The van der Waals surface area contributed by atoms with Gasteiger partial charge >= 0.3 is 0 Å². The van der Waals surface area contributed by atoms with Crippen LogP contribution in [0, 0.1) is 0 Å². The highest BCUT2D eigenvalue weighted by Crippen LogP contribution is 2.25. The second-order valence-corrected chi connectivity index (χ2v) is 6.23. The van der Waals surface area contributed by atoms with E-state index in [9.17, 15) is 4.79 Å². The fourth-order valence-corrected chi connectivity index (χ4v) is 2.53. The molecule has 2 rings (SSSR count). The van der Waals surface area contributed by atoms with Gasteiger partial charge in [0.15, 0.2) is 0 Å². The molecule has 2 aromatic rings. The minimum atomic E-state index is -0.115. The Hall–Kier alpha value is -1.52. The van der Waals surface area contributed by atoms with Crippen LogP contribution >= 0.6 is 27.5 Å². The molecule has 0 aliphatic carbocycles. The molecule has 1 unspecified atom stereocenters. The first-order chi connectivity index (χ1) is 9.90. The van der Waals surface area contributed by atoms with Gasteiger partial charge in [-0.15, -0.1) is 0 Å². The monoisotopic (exact) mass is 366 g/mol. The third kappa shape index (κ3) is 3.57. The number of anilines is 1. The second-order valence-electron chi connectivity index (χ2n) is 4.88. The van der Waals surface area contributed by atoms with Crippen molar-refractivity contribution in [2.75, 3.05) is 12.8 Å². The molecule has 0 aliphatic rings. The molecule has 21 heavy (non-hydrogen) atoms. The van der Waals surface area contributed by atoms with Crippen LogP contribution in [0.3, 0.4) is 0 Å². The van der Waals surface area contributed by atoms with Gasteiger partial charge in [-0.2, -0.15) is 0 Å². The molecule has 0 bridgehead atoms. The topological polar surface area (TPSA) is 46.3 Å². The van der Waals surface area contributed by atoms with E-state index in [4.69, 9.17) is 17.3 Å². The summed E-state index contributed by atoms with van der Waals surface area (Å²) in [5.41, 5.74) is 7.88. The molecule has 0 heterocycles. The maximum atomic E-state index is 12.6. The van der Waals surface area contributed by atoms with Gasteiger partial charge in [-0.05, 0) is 42.8 Å². The summed E-state index contributed by atoms with van der Waals surface area (Å²) in [6.07, 6.45) is 0. The molecule has 0 fully saturated rings. The summed E-state index contributed by atoms with van der Waals surface area (Å²) in [5, 5.41) is 0.677. The zero-order valence-corrected chi connectivity index (χ0v) is 14.1. The Kier molecular flexibility index (Phi) is 4.91. The summed E-state index contributed by atoms with van der Waals surface area (Å²) in [4.78, 5) is 14.3. The minimum absolute atomic E-state index is 0.0758. The highest BCUT2D eigenvalue weighted by Gasteiger charge is 2.20. The van der Waals surface area contributed by atoms with E-state index in [0.29, 0.717) is 16.3 Å². The summed E-state index contributed by atoms with van der Waals surface area (Å²) in [6, 6.07) is 12.7.